The summed E-state index contributed by atoms with van der Waals surface area (Å²) in [4.78, 5) is 0. The van der Waals surface area contributed by atoms with Gasteiger partial charge in [-0.25, -0.2) is 0 Å². The van der Waals surface area contributed by atoms with E-state index in [1.54, 1.807) is 0 Å². The van der Waals surface area contributed by atoms with Gasteiger partial charge in [-0.15, -0.1) is 0 Å². The largest absolute Gasteiger partial charge is 0.399 e. The van der Waals surface area contributed by atoms with E-state index in [1.165, 1.54) is 5.56 Å². The van der Waals surface area contributed by atoms with Gasteiger partial charge >= 0.3 is 0 Å². The molecule has 0 fully saturated rings. The van der Waals surface area contributed by atoms with Crippen LogP contribution in [0.3, 0.4) is 0 Å². The first kappa shape index (κ1) is 10.1. The van der Waals surface area contributed by atoms with Crippen LogP contribution in [-0.4, -0.2) is 5.33 Å². The number of benzene rings is 1. The van der Waals surface area contributed by atoms with Crippen LogP contribution in [0.2, 0.25) is 0 Å². The van der Waals surface area contributed by atoms with Crippen LogP contribution in [0.25, 0.3) is 0 Å². The summed E-state index contributed by atoms with van der Waals surface area (Å²) in [5.41, 5.74) is 9.96. The molecule has 0 aliphatic rings. The van der Waals surface area contributed by atoms with Gasteiger partial charge in [-0.1, -0.05) is 27.8 Å². The molecule has 0 spiro atoms. The molecule has 0 unspecified atom stereocenters. The van der Waals surface area contributed by atoms with Crippen LogP contribution in [0.5, 0.6) is 0 Å². The van der Waals surface area contributed by atoms with Crippen LogP contribution in [0.4, 0.5) is 5.69 Å². The topological polar surface area (TPSA) is 26.0 Å². The molecule has 1 aromatic rings. The van der Waals surface area contributed by atoms with Crippen molar-refractivity contribution in [2.24, 2.45) is 0 Å². The van der Waals surface area contributed by atoms with Crippen molar-refractivity contribution in [2.45, 2.75) is 13.8 Å². The highest BCUT2D eigenvalue weighted by Gasteiger charge is 2.00. The maximum absolute atomic E-state index is 5.76. The molecular formula is C11H12BrN. The standard InChI is InChI=1S/C11H12BrN/c1-8-9(2)11(13)6-5-10(8)4-3-7-12/h5-6H,7,13H2,1-2H3. The first-order valence-corrected chi connectivity index (χ1v) is 5.19. The maximum atomic E-state index is 5.76. The fourth-order valence-corrected chi connectivity index (χ4v) is 1.25. The van der Waals surface area contributed by atoms with E-state index in [0.717, 1.165) is 16.8 Å². The monoisotopic (exact) mass is 237 g/mol. The third-order valence-corrected chi connectivity index (χ3v) is 2.40. The smallest absolute Gasteiger partial charge is 0.0649 e. The van der Waals surface area contributed by atoms with Crippen LogP contribution in [-0.2, 0) is 0 Å². The number of nitrogen functional groups attached to an aromatic ring is 1. The molecule has 0 aliphatic carbocycles. The summed E-state index contributed by atoms with van der Waals surface area (Å²) in [5.74, 6) is 6.06. The summed E-state index contributed by atoms with van der Waals surface area (Å²) >= 11 is 3.27. The Hall–Kier alpha value is -0.940. The van der Waals surface area contributed by atoms with Crippen LogP contribution in [0, 0.1) is 25.7 Å². The second-order valence-corrected chi connectivity index (χ2v) is 3.45. The normalized spacial score (nSPS) is 9.15. The van der Waals surface area contributed by atoms with Gasteiger partial charge in [0, 0.05) is 11.3 Å². The molecule has 68 valence electrons. The van der Waals surface area contributed by atoms with E-state index in [-0.39, 0.29) is 0 Å². The van der Waals surface area contributed by atoms with Gasteiger partial charge in [0.05, 0.1) is 5.33 Å². The van der Waals surface area contributed by atoms with Crippen molar-refractivity contribution in [3.05, 3.63) is 28.8 Å². The molecule has 1 aromatic carbocycles. The lowest BCUT2D eigenvalue weighted by Gasteiger charge is -2.05. The highest BCUT2D eigenvalue weighted by Crippen LogP contribution is 2.18. The zero-order valence-electron chi connectivity index (χ0n) is 7.82. The van der Waals surface area contributed by atoms with Crippen molar-refractivity contribution in [1.82, 2.24) is 0 Å². The molecule has 1 rings (SSSR count). The predicted octanol–water partition coefficient (Wildman–Crippen LogP) is 2.63. The van der Waals surface area contributed by atoms with Gasteiger partial charge in [0.15, 0.2) is 0 Å². The number of alkyl halides is 1. The van der Waals surface area contributed by atoms with Gasteiger partial charge in [0.2, 0.25) is 0 Å². The highest BCUT2D eigenvalue weighted by molar-refractivity contribution is 9.09. The molecule has 0 saturated heterocycles. The molecule has 1 nitrogen and oxygen atoms in total. The average molecular weight is 238 g/mol. The summed E-state index contributed by atoms with van der Waals surface area (Å²) in [5, 5.41) is 0.704. The Labute approximate surface area is 87.5 Å². The zero-order valence-corrected chi connectivity index (χ0v) is 9.40. The lowest BCUT2D eigenvalue weighted by Crippen LogP contribution is -1.94. The van der Waals surface area contributed by atoms with Crippen LogP contribution < -0.4 is 5.73 Å². The SMILES string of the molecule is Cc1c(N)ccc(C#CCBr)c1C. The summed E-state index contributed by atoms with van der Waals surface area (Å²) in [6.07, 6.45) is 0. The zero-order chi connectivity index (χ0) is 9.84. The quantitative estimate of drug-likeness (QED) is 0.419. The van der Waals surface area contributed by atoms with E-state index < -0.39 is 0 Å². The van der Waals surface area contributed by atoms with Gasteiger partial charge in [-0.2, -0.15) is 0 Å². The van der Waals surface area contributed by atoms with Crippen molar-refractivity contribution < 1.29 is 0 Å². The van der Waals surface area contributed by atoms with Crippen molar-refractivity contribution >= 4 is 21.6 Å². The molecule has 0 radical (unpaired) electrons. The second-order valence-electron chi connectivity index (χ2n) is 2.89. The third-order valence-electron chi connectivity index (χ3n) is 2.12. The van der Waals surface area contributed by atoms with Crippen molar-refractivity contribution in [3.63, 3.8) is 0 Å². The molecule has 13 heavy (non-hydrogen) atoms. The van der Waals surface area contributed by atoms with Crippen LogP contribution >= 0.6 is 15.9 Å². The fourth-order valence-electron chi connectivity index (χ4n) is 1.11. The summed E-state index contributed by atoms with van der Waals surface area (Å²) in [6, 6.07) is 3.87. The Bertz CT molecular complexity index is 372. The molecular weight excluding hydrogens is 226 g/mol. The Balaban J connectivity index is 3.18. The molecule has 2 N–H and O–H groups in total. The van der Waals surface area contributed by atoms with E-state index in [1.807, 2.05) is 26.0 Å². The molecule has 0 aliphatic heterocycles. The van der Waals surface area contributed by atoms with E-state index in [4.69, 9.17) is 5.73 Å². The van der Waals surface area contributed by atoms with E-state index in [0.29, 0.717) is 5.33 Å². The minimum absolute atomic E-state index is 0.704. The van der Waals surface area contributed by atoms with Crippen molar-refractivity contribution in [2.75, 3.05) is 11.1 Å². The Morgan fingerprint density at radius 3 is 2.62 bits per heavy atom. The van der Waals surface area contributed by atoms with Gasteiger partial charge in [0.25, 0.3) is 0 Å². The molecule has 0 heterocycles. The number of anilines is 1. The predicted molar refractivity (Wildman–Crippen MR) is 61.0 cm³/mol. The molecule has 0 aromatic heterocycles. The summed E-state index contributed by atoms with van der Waals surface area (Å²) in [7, 11) is 0. The Kier molecular flexibility index (Phi) is 3.39. The third kappa shape index (κ3) is 2.26. The molecule has 0 saturated carbocycles. The first-order valence-electron chi connectivity index (χ1n) is 4.07. The summed E-state index contributed by atoms with van der Waals surface area (Å²) in [6.45, 7) is 4.06. The van der Waals surface area contributed by atoms with E-state index in [9.17, 15) is 0 Å². The number of hydrogen-bond donors (Lipinski definition) is 1. The molecule has 0 atom stereocenters. The van der Waals surface area contributed by atoms with Gasteiger partial charge in [-0.05, 0) is 37.1 Å². The number of rotatable bonds is 0. The lowest BCUT2D eigenvalue weighted by atomic mass is 10.0. The number of nitrogens with two attached hydrogens (primary N) is 1. The average Bonchev–Trinajstić information content (AvgIpc) is 2.13. The minimum Gasteiger partial charge on any atom is -0.399 e. The minimum atomic E-state index is 0.704. The van der Waals surface area contributed by atoms with Crippen LogP contribution in [0.15, 0.2) is 12.1 Å². The molecule has 0 bridgehead atoms. The number of hydrogen-bond acceptors (Lipinski definition) is 1. The molecule has 0 amide bonds. The van der Waals surface area contributed by atoms with E-state index >= 15 is 0 Å². The number of halogens is 1. The van der Waals surface area contributed by atoms with Crippen molar-refractivity contribution in [3.8, 4) is 11.8 Å². The first-order chi connectivity index (χ1) is 6.16. The maximum Gasteiger partial charge on any atom is 0.0649 e. The van der Waals surface area contributed by atoms with Gasteiger partial charge < -0.3 is 5.73 Å². The van der Waals surface area contributed by atoms with Crippen molar-refractivity contribution in [1.29, 1.82) is 0 Å². The Morgan fingerprint density at radius 2 is 2.00 bits per heavy atom. The second kappa shape index (κ2) is 4.34. The Morgan fingerprint density at radius 1 is 1.31 bits per heavy atom. The fraction of sp³-hybridized carbons (Fsp3) is 0.273. The lowest BCUT2D eigenvalue weighted by molar-refractivity contribution is 1.32. The molecule has 2 heteroatoms. The van der Waals surface area contributed by atoms with Gasteiger partial charge in [0.1, 0.15) is 0 Å². The highest BCUT2D eigenvalue weighted by atomic mass is 79.9. The summed E-state index contributed by atoms with van der Waals surface area (Å²) < 4.78 is 0. The van der Waals surface area contributed by atoms with E-state index in [2.05, 4.69) is 27.8 Å². The van der Waals surface area contributed by atoms with Gasteiger partial charge in [-0.3, -0.25) is 0 Å². The van der Waals surface area contributed by atoms with Crippen LogP contribution in [0.1, 0.15) is 16.7 Å².